The second-order valence-corrected chi connectivity index (χ2v) is 9.57. The minimum absolute atomic E-state index is 0. The van der Waals surface area contributed by atoms with Crippen LogP contribution in [0.2, 0.25) is 0 Å². The molecule has 7 heteroatoms. The van der Waals surface area contributed by atoms with Gasteiger partial charge in [0.05, 0.1) is 10.5 Å². The van der Waals surface area contributed by atoms with Gasteiger partial charge in [0.2, 0.25) is 0 Å². The van der Waals surface area contributed by atoms with Crippen LogP contribution in [0.3, 0.4) is 0 Å². The molecule has 1 aromatic rings. The predicted molar refractivity (Wildman–Crippen MR) is 116 cm³/mol. The Morgan fingerprint density at radius 1 is 1.28 bits per heavy atom. The summed E-state index contributed by atoms with van der Waals surface area (Å²) in [4.78, 5) is 6.78. The van der Waals surface area contributed by atoms with E-state index in [2.05, 4.69) is 34.5 Å². The van der Waals surface area contributed by atoms with Crippen molar-refractivity contribution in [3.05, 3.63) is 35.9 Å². The van der Waals surface area contributed by atoms with Crippen LogP contribution in [0.25, 0.3) is 0 Å². The number of sulfone groups is 1. The number of rotatable bonds is 5. The minimum atomic E-state index is -3.03. The van der Waals surface area contributed by atoms with Crippen LogP contribution in [-0.2, 0) is 16.3 Å². The summed E-state index contributed by atoms with van der Waals surface area (Å²) in [6.07, 6.45) is 1.98. The Labute approximate surface area is 169 Å². The summed E-state index contributed by atoms with van der Waals surface area (Å²) in [7, 11) is -3.03. The van der Waals surface area contributed by atoms with E-state index in [9.17, 15) is 8.42 Å². The molecule has 1 heterocycles. The molecule has 1 aromatic carbocycles. The second kappa shape index (κ2) is 9.75. The molecule has 1 fully saturated rings. The van der Waals surface area contributed by atoms with Gasteiger partial charge in [-0.1, -0.05) is 30.3 Å². The van der Waals surface area contributed by atoms with E-state index in [1.54, 1.807) is 13.8 Å². The fourth-order valence-electron chi connectivity index (χ4n) is 2.86. The molecule has 0 atom stereocenters. The highest BCUT2D eigenvalue weighted by atomic mass is 127. The van der Waals surface area contributed by atoms with E-state index in [-0.39, 0.29) is 29.7 Å². The molecular weight excluding hydrogens is 449 g/mol. The number of aryl methyl sites for hydroxylation is 1. The van der Waals surface area contributed by atoms with Gasteiger partial charge < -0.3 is 10.2 Å². The van der Waals surface area contributed by atoms with Crippen LogP contribution < -0.4 is 5.32 Å². The number of nitrogens with one attached hydrogen (secondary N) is 1. The van der Waals surface area contributed by atoms with E-state index in [0.29, 0.717) is 13.1 Å². The summed E-state index contributed by atoms with van der Waals surface area (Å²) < 4.78 is 23.6. The molecule has 0 aromatic heterocycles. The van der Waals surface area contributed by atoms with Crippen LogP contribution in [0.5, 0.6) is 0 Å². The van der Waals surface area contributed by atoms with Crippen molar-refractivity contribution in [2.24, 2.45) is 4.99 Å². The first-order valence-corrected chi connectivity index (χ1v) is 10.3. The van der Waals surface area contributed by atoms with Crippen LogP contribution in [0.4, 0.5) is 0 Å². The number of benzene rings is 1. The van der Waals surface area contributed by atoms with Crippen molar-refractivity contribution >= 4 is 39.8 Å². The molecule has 25 heavy (non-hydrogen) atoms. The third-order valence-electron chi connectivity index (χ3n) is 4.41. The maximum Gasteiger partial charge on any atom is 0.193 e. The Kier molecular flexibility index (Phi) is 8.67. The van der Waals surface area contributed by atoms with Gasteiger partial charge in [0.1, 0.15) is 0 Å². The lowest BCUT2D eigenvalue weighted by molar-refractivity contribution is 0.353. The van der Waals surface area contributed by atoms with Crippen LogP contribution >= 0.6 is 24.0 Å². The van der Waals surface area contributed by atoms with Crippen molar-refractivity contribution in [3.8, 4) is 0 Å². The summed E-state index contributed by atoms with van der Waals surface area (Å²) in [6, 6.07) is 10.4. The van der Waals surface area contributed by atoms with E-state index in [1.165, 1.54) is 5.56 Å². The van der Waals surface area contributed by atoms with Gasteiger partial charge in [0.25, 0.3) is 0 Å². The van der Waals surface area contributed by atoms with Gasteiger partial charge in [0.15, 0.2) is 15.8 Å². The molecule has 1 aliphatic rings. The van der Waals surface area contributed by atoms with Gasteiger partial charge in [-0.15, -0.1) is 24.0 Å². The van der Waals surface area contributed by atoms with E-state index in [4.69, 9.17) is 4.99 Å². The van der Waals surface area contributed by atoms with Gasteiger partial charge in [0, 0.05) is 26.2 Å². The summed E-state index contributed by atoms with van der Waals surface area (Å²) in [5.74, 6) is 1.02. The largest absolute Gasteiger partial charge is 0.357 e. The van der Waals surface area contributed by atoms with Crippen molar-refractivity contribution < 1.29 is 8.42 Å². The lowest BCUT2D eigenvalue weighted by Gasteiger charge is -2.39. The van der Waals surface area contributed by atoms with Gasteiger partial charge in [-0.2, -0.15) is 0 Å². The first-order chi connectivity index (χ1) is 11.4. The van der Waals surface area contributed by atoms with Crippen molar-refractivity contribution in [2.75, 3.05) is 31.9 Å². The normalized spacial score (nSPS) is 19.2. The number of aliphatic imine (C=N–C) groups is 1. The van der Waals surface area contributed by atoms with E-state index >= 15 is 0 Å². The summed E-state index contributed by atoms with van der Waals surface area (Å²) in [5.41, 5.74) is 1.32. The van der Waals surface area contributed by atoms with Crippen LogP contribution in [0.1, 0.15) is 32.8 Å². The fraction of sp³-hybridized carbons (Fsp3) is 0.611. The maximum absolute atomic E-state index is 12.2. The Balaban J connectivity index is 0.00000312. The predicted octanol–water partition coefficient (Wildman–Crippen LogP) is 2.71. The highest BCUT2D eigenvalue weighted by Gasteiger charge is 2.40. The van der Waals surface area contributed by atoms with E-state index in [1.807, 2.05) is 13.0 Å². The number of halogens is 1. The molecule has 0 amide bonds. The number of guanidine groups is 1. The smallest absolute Gasteiger partial charge is 0.193 e. The lowest BCUT2D eigenvalue weighted by atomic mass is 10.1. The zero-order valence-electron chi connectivity index (χ0n) is 15.4. The quantitative estimate of drug-likeness (QED) is 0.306. The van der Waals surface area contributed by atoms with Crippen LogP contribution in [0, 0.1) is 0 Å². The van der Waals surface area contributed by atoms with Gasteiger partial charge in [-0.3, -0.25) is 4.99 Å². The molecule has 1 saturated heterocycles. The SMILES string of the molecule is CCNC(=NCCCc1ccccc1)N1CCS(=O)(=O)C(C)(C)C1.I. The van der Waals surface area contributed by atoms with Crippen LogP contribution in [-0.4, -0.2) is 56.0 Å². The van der Waals surface area contributed by atoms with Crippen molar-refractivity contribution in [1.29, 1.82) is 0 Å². The van der Waals surface area contributed by atoms with E-state index < -0.39 is 14.6 Å². The standard InChI is InChI=1S/C18H29N3O2S.HI/c1-4-19-17(20-12-8-11-16-9-6-5-7-10-16)21-13-14-24(22,23)18(2,3)15-21;/h5-7,9-10H,4,8,11-15H2,1-3H3,(H,19,20);1H. The molecule has 0 aliphatic carbocycles. The number of nitrogens with zero attached hydrogens (tertiary/aromatic N) is 2. The highest BCUT2D eigenvalue weighted by Crippen LogP contribution is 2.23. The highest BCUT2D eigenvalue weighted by molar-refractivity contribution is 14.0. The third-order valence-corrected chi connectivity index (χ3v) is 6.94. The molecule has 0 spiro atoms. The zero-order chi connectivity index (χ0) is 17.6. The molecule has 0 saturated carbocycles. The Hall–Kier alpha value is -0.830. The second-order valence-electron chi connectivity index (χ2n) is 6.82. The molecule has 0 bridgehead atoms. The topological polar surface area (TPSA) is 61.8 Å². The molecule has 142 valence electrons. The van der Waals surface area contributed by atoms with E-state index in [0.717, 1.165) is 31.9 Å². The lowest BCUT2D eigenvalue weighted by Crippen LogP contribution is -2.57. The molecule has 2 rings (SSSR count). The monoisotopic (exact) mass is 479 g/mol. The van der Waals surface area contributed by atoms with Gasteiger partial charge in [-0.05, 0) is 39.2 Å². The zero-order valence-corrected chi connectivity index (χ0v) is 18.5. The van der Waals surface area contributed by atoms with Crippen LogP contribution in [0.15, 0.2) is 35.3 Å². The van der Waals surface area contributed by atoms with Crippen molar-refractivity contribution in [3.63, 3.8) is 0 Å². The average molecular weight is 479 g/mol. The summed E-state index contributed by atoms with van der Waals surface area (Å²) in [5, 5.41) is 3.30. The van der Waals surface area contributed by atoms with Crippen molar-refractivity contribution in [1.82, 2.24) is 10.2 Å². The molecule has 5 nitrogen and oxygen atoms in total. The summed E-state index contributed by atoms with van der Waals surface area (Å²) in [6.45, 7) is 8.14. The maximum atomic E-state index is 12.2. The Morgan fingerprint density at radius 2 is 1.96 bits per heavy atom. The molecule has 0 radical (unpaired) electrons. The number of hydrogen-bond donors (Lipinski definition) is 1. The van der Waals surface area contributed by atoms with Gasteiger partial charge in [-0.25, -0.2) is 8.42 Å². The fourth-order valence-corrected chi connectivity index (χ4v) is 4.23. The average Bonchev–Trinajstić information content (AvgIpc) is 2.54. The summed E-state index contributed by atoms with van der Waals surface area (Å²) >= 11 is 0. The number of hydrogen-bond acceptors (Lipinski definition) is 3. The van der Waals surface area contributed by atoms with Gasteiger partial charge >= 0.3 is 0 Å². The minimum Gasteiger partial charge on any atom is -0.357 e. The first kappa shape index (κ1) is 22.2. The molecule has 1 N–H and O–H groups in total. The van der Waals surface area contributed by atoms with Crippen molar-refractivity contribution in [2.45, 2.75) is 38.4 Å². The Bertz CT molecular complexity index is 660. The molecule has 0 unspecified atom stereocenters. The third kappa shape index (κ3) is 6.13. The Morgan fingerprint density at radius 3 is 2.56 bits per heavy atom. The first-order valence-electron chi connectivity index (χ1n) is 8.65. The molecule has 1 aliphatic heterocycles. The molecular formula is C18H30IN3O2S.